The third-order valence-electron chi connectivity index (χ3n) is 5.29. The van der Waals surface area contributed by atoms with Gasteiger partial charge in [-0.15, -0.1) is 0 Å². The third kappa shape index (κ3) is 4.54. The molecule has 0 aliphatic carbocycles. The summed E-state index contributed by atoms with van der Waals surface area (Å²) in [5.74, 6) is 0.0476. The van der Waals surface area contributed by atoms with E-state index in [-0.39, 0.29) is 5.91 Å². The van der Waals surface area contributed by atoms with Crippen LogP contribution in [0.2, 0.25) is 0 Å². The van der Waals surface area contributed by atoms with Gasteiger partial charge in [0.1, 0.15) is 0 Å². The van der Waals surface area contributed by atoms with Crippen LogP contribution in [0.4, 0.5) is 0 Å². The van der Waals surface area contributed by atoms with Crippen LogP contribution in [0, 0.1) is 6.92 Å². The van der Waals surface area contributed by atoms with Crippen LogP contribution in [0.25, 0.3) is 10.9 Å². The zero-order valence-electron chi connectivity index (χ0n) is 16.6. The van der Waals surface area contributed by atoms with E-state index in [2.05, 4.69) is 76.5 Å². The SMILES string of the molecule is Cc1ccccc1Cn1cc(CCC(=O)NCc2ccccn2)c2ccccc21. The monoisotopic (exact) mass is 383 g/mol. The molecule has 0 saturated carbocycles. The van der Waals surface area contributed by atoms with Crippen molar-refractivity contribution in [3.63, 3.8) is 0 Å². The molecule has 0 bridgehead atoms. The van der Waals surface area contributed by atoms with Crippen molar-refractivity contribution in [2.75, 3.05) is 0 Å². The Morgan fingerprint density at radius 2 is 1.76 bits per heavy atom. The second kappa shape index (κ2) is 8.74. The van der Waals surface area contributed by atoms with E-state index in [0.717, 1.165) is 18.7 Å². The number of carbonyl (C=O) groups is 1. The smallest absolute Gasteiger partial charge is 0.220 e. The number of aromatic nitrogens is 2. The topological polar surface area (TPSA) is 46.9 Å². The molecule has 0 unspecified atom stereocenters. The molecular weight excluding hydrogens is 358 g/mol. The molecule has 4 nitrogen and oxygen atoms in total. The van der Waals surface area contributed by atoms with Gasteiger partial charge in [-0.1, -0.05) is 48.5 Å². The van der Waals surface area contributed by atoms with E-state index in [1.165, 1.54) is 27.6 Å². The van der Waals surface area contributed by atoms with Crippen molar-refractivity contribution in [1.29, 1.82) is 0 Å². The lowest BCUT2D eigenvalue weighted by Crippen LogP contribution is -2.23. The minimum Gasteiger partial charge on any atom is -0.350 e. The Labute approximate surface area is 171 Å². The number of rotatable bonds is 7. The maximum Gasteiger partial charge on any atom is 0.220 e. The van der Waals surface area contributed by atoms with E-state index in [0.29, 0.717) is 13.0 Å². The standard InChI is InChI=1S/C25H25N3O/c1-19-8-2-3-9-20(19)17-28-18-21(23-11-4-5-12-24(23)28)13-14-25(29)27-16-22-10-6-7-15-26-22/h2-12,15,18H,13-14,16-17H2,1H3,(H,27,29). The Morgan fingerprint density at radius 1 is 0.966 bits per heavy atom. The molecule has 4 rings (SSSR count). The molecule has 2 aromatic heterocycles. The Morgan fingerprint density at radius 3 is 2.59 bits per heavy atom. The van der Waals surface area contributed by atoms with Gasteiger partial charge < -0.3 is 9.88 Å². The number of amides is 1. The quantitative estimate of drug-likeness (QED) is 0.505. The zero-order valence-corrected chi connectivity index (χ0v) is 16.6. The number of hydrogen-bond donors (Lipinski definition) is 1. The average molecular weight is 383 g/mol. The summed E-state index contributed by atoms with van der Waals surface area (Å²) in [5, 5.41) is 4.18. The second-order valence-corrected chi connectivity index (χ2v) is 7.32. The van der Waals surface area contributed by atoms with Crippen LogP contribution in [0.5, 0.6) is 0 Å². The van der Waals surface area contributed by atoms with E-state index in [1.807, 2.05) is 18.2 Å². The fraction of sp³-hybridized carbons (Fsp3) is 0.200. The number of pyridine rings is 1. The summed E-state index contributed by atoms with van der Waals surface area (Å²) >= 11 is 0. The van der Waals surface area contributed by atoms with Crippen LogP contribution in [0.15, 0.2) is 79.1 Å². The van der Waals surface area contributed by atoms with Gasteiger partial charge in [0.05, 0.1) is 12.2 Å². The zero-order chi connectivity index (χ0) is 20.1. The Kier molecular flexibility index (Phi) is 5.71. The van der Waals surface area contributed by atoms with Gasteiger partial charge in [0.25, 0.3) is 0 Å². The molecule has 1 amide bonds. The van der Waals surface area contributed by atoms with Gasteiger partial charge in [-0.05, 0) is 48.2 Å². The van der Waals surface area contributed by atoms with Crippen molar-refractivity contribution in [3.8, 4) is 0 Å². The molecule has 1 N–H and O–H groups in total. The molecule has 0 spiro atoms. The van der Waals surface area contributed by atoms with Crippen LogP contribution < -0.4 is 5.32 Å². The van der Waals surface area contributed by atoms with Crippen molar-refractivity contribution in [2.45, 2.75) is 32.9 Å². The van der Waals surface area contributed by atoms with Crippen molar-refractivity contribution >= 4 is 16.8 Å². The first kappa shape index (κ1) is 18.9. The van der Waals surface area contributed by atoms with Crippen LogP contribution in [0.1, 0.15) is 28.8 Å². The highest BCUT2D eigenvalue weighted by atomic mass is 16.1. The normalized spacial score (nSPS) is 10.9. The predicted octanol–water partition coefficient (Wildman–Crippen LogP) is 4.64. The van der Waals surface area contributed by atoms with Crippen molar-refractivity contribution in [3.05, 3.63) is 102 Å². The number of nitrogens with one attached hydrogen (secondary N) is 1. The minimum absolute atomic E-state index is 0.0476. The summed E-state index contributed by atoms with van der Waals surface area (Å²) in [7, 11) is 0. The lowest BCUT2D eigenvalue weighted by molar-refractivity contribution is -0.121. The van der Waals surface area contributed by atoms with Gasteiger partial charge in [-0.2, -0.15) is 0 Å². The molecule has 2 heterocycles. The Bertz CT molecular complexity index is 1120. The number of aryl methyl sites for hydroxylation is 2. The lowest BCUT2D eigenvalue weighted by atomic mass is 10.1. The highest BCUT2D eigenvalue weighted by Gasteiger charge is 2.11. The van der Waals surface area contributed by atoms with Crippen LogP contribution in [-0.2, 0) is 24.3 Å². The summed E-state index contributed by atoms with van der Waals surface area (Å²) in [6.45, 7) is 3.45. The largest absolute Gasteiger partial charge is 0.350 e. The molecule has 0 aliphatic rings. The molecule has 4 aromatic rings. The molecule has 146 valence electrons. The van der Waals surface area contributed by atoms with Gasteiger partial charge in [0, 0.05) is 36.3 Å². The summed E-state index contributed by atoms with van der Waals surface area (Å²) in [5.41, 5.74) is 5.89. The summed E-state index contributed by atoms with van der Waals surface area (Å²) < 4.78 is 2.29. The molecule has 0 aliphatic heterocycles. The van der Waals surface area contributed by atoms with Gasteiger partial charge in [0.15, 0.2) is 0 Å². The molecular formula is C25H25N3O. The molecule has 4 heteroatoms. The number of nitrogens with zero attached hydrogens (tertiary/aromatic N) is 2. The molecule has 0 saturated heterocycles. The number of fused-ring (bicyclic) bond motifs is 1. The first-order chi connectivity index (χ1) is 14.2. The lowest BCUT2D eigenvalue weighted by Gasteiger charge is -2.08. The van der Waals surface area contributed by atoms with Gasteiger partial charge in [0.2, 0.25) is 5.91 Å². The van der Waals surface area contributed by atoms with Crippen LogP contribution in [-0.4, -0.2) is 15.5 Å². The van der Waals surface area contributed by atoms with E-state index >= 15 is 0 Å². The summed E-state index contributed by atoms with van der Waals surface area (Å²) in [4.78, 5) is 16.6. The average Bonchev–Trinajstić information content (AvgIpc) is 3.11. The Balaban J connectivity index is 1.46. The fourth-order valence-electron chi connectivity index (χ4n) is 3.65. The molecule has 0 atom stereocenters. The van der Waals surface area contributed by atoms with E-state index in [9.17, 15) is 4.79 Å². The maximum absolute atomic E-state index is 12.3. The number of hydrogen-bond acceptors (Lipinski definition) is 2. The predicted molar refractivity (Wildman–Crippen MR) is 117 cm³/mol. The van der Waals surface area contributed by atoms with Crippen LogP contribution >= 0.6 is 0 Å². The summed E-state index contributed by atoms with van der Waals surface area (Å²) in [6.07, 6.45) is 5.12. The highest BCUT2D eigenvalue weighted by Crippen LogP contribution is 2.24. The minimum atomic E-state index is 0.0476. The van der Waals surface area contributed by atoms with Gasteiger partial charge in [-0.25, -0.2) is 0 Å². The molecule has 0 radical (unpaired) electrons. The molecule has 29 heavy (non-hydrogen) atoms. The first-order valence-electron chi connectivity index (χ1n) is 9.98. The van der Waals surface area contributed by atoms with E-state index in [1.54, 1.807) is 6.20 Å². The van der Waals surface area contributed by atoms with Crippen LogP contribution in [0.3, 0.4) is 0 Å². The third-order valence-corrected chi connectivity index (χ3v) is 5.29. The highest BCUT2D eigenvalue weighted by molar-refractivity contribution is 5.85. The van der Waals surface area contributed by atoms with Gasteiger partial charge >= 0.3 is 0 Å². The van der Waals surface area contributed by atoms with E-state index < -0.39 is 0 Å². The van der Waals surface area contributed by atoms with Crippen molar-refractivity contribution in [2.24, 2.45) is 0 Å². The second-order valence-electron chi connectivity index (χ2n) is 7.32. The Hall–Kier alpha value is -3.40. The van der Waals surface area contributed by atoms with Gasteiger partial charge in [-0.3, -0.25) is 9.78 Å². The first-order valence-corrected chi connectivity index (χ1v) is 9.98. The number of benzene rings is 2. The van der Waals surface area contributed by atoms with E-state index in [4.69, 9.17) is 0 Å². The molecule has 2 aromatic carbocycles. The van der Waals surface area contributed by atoms with Crippen molar-refractivity contribution in [1.82, 2.24) is 14.9 Å². The molecule has 0 fully saturated rings. The maximum atomic E-state index is 12.3. The summed E-state index contributed by atoms with van der Waals surface area (Å²) in [6, 6.07) is 22.6. The number of carbonyl (C=O) groups excluding carboxylic acids is 1. The number of para-hydroxylation sites is 1. The van der Waals surface area contributed by atoms with Crippen molar-refractivity contribution < 1.29 is 4.79 Å². The fourth-order valence-corrected chi connectivity index (χ4v) is 3.65.